The van der Waals surface area contributed by atoms with Crippen molar-refractivity contribution in [2.75, 3.05) is 20.7 Å². The highest BCUT2D eigenvalue weighted by molar-refractivity contribution is 8.13. The molecule has 0 spiro atoms. The number of amides is 1. The van der Waals surface area contributed by atoms with Gasteiger partial charge in [0.1, 0.15) is 12.4 Å². The van der Waals surface area contributed by atoms with E-state index in [1.165, 1.54) is 17.0 Å². The largest absolute Gasteiger partial charge is 0.492 e. The lowest BCUT2D eigenvalue weighted by atomic mass is 9.96. The number of hydrogen-bond donors (Lipinski definition) is 0. The zero-order valence-corrected chi connectivity index (χ0v) is 12.2. The van der Waals surface area contributed by atoms with Gasteiger partial charge in [0.25, 0.3) is 9.05 Å². The minimum absolute atomic E-state index is 0.0227. The van der Waals surface area contributed by atoms with Crippen LogP contribution in [-0.4, -0.2) is 39.9 Å². The number of carbonyl (C=O) groups excluding carboxylic acids is 1. The lowest BCUT2D eigenvalue weighted by Crippen LogP contribution is -2.36. The van der Waals surface area contributed by atoms with E-state index in [-0.39, 0.29) is 16.7 Å². The van der Waals surface area contributed by atoms with Crippen molar-refractivity contribution in [3.8, 4) is 5.75 Å². The first-order valence-corrected chi connectivity index (χ1v) is 8.01. The van der Waals surface area contributed by atoms with Gasteiger partial charge in [-0.1, -0.05) is 0 Å². The van der Waals surface area contributed by atoms with Crippen LogP contribution < -0.4 is 4.74 Å². The summed E-state index contributed by atoms with van der Waals surface area (Å²) in [5.74, 6) is 0.271. The molecule has 0 saturated heterocycles. The summed E-state index contributed by atoms with van der Waals surface area (Å²) in [6.07, 6.45) is 0.451. The Morgan fingerprint density at radius 3 is 2.68 bits per heavy atom. The average Bonchev–Trinajstić information content (AvgIpc) is 2.35. The van der Waals surface area contributed by atoms with Crippen LogP contribution in [-0.2, 0) is 20.3 Å². The molecule has 1 aromatic carbocycles. The van der Waals surface area contributed by atoms with Crippen molar-refractivity contribution in [3.05, 3.63) is 23.8 Å². The van der Waals surface area contributed by atoms with E-state index in [4.69, 9.17) is 15.4 Å². The molecule has 0 saturated carbocycles. The molecular formula is C12H14ClNO4S. The number of halogens is 1. The second-order valence-electron chi connectivity index (χ2n) is 4.65. The zero-order chi connectivity index (χ0) is 14.2. The topological polar surface area (TPSA) is 63.7 Å². The molecule has 0 aromatic heterocycles. The Kier molecular flexibility index (Phi) is 3.73. The monoisotopic (exact) mass is 303 g/mol. The molecule has 1 aliphatic heterocycles. The predicted octanol–water partition coefficient (Wildman–Crippen LogP) is 1.25. The molecule has 104 valence electrons. The Morgan fingerprint density at radius 1 is 1.42 bits per heavy atom. The van der Waals surface area contributed by atoms with Crippen LogP contribution in [0.3, 0.4) is 0 Å². The van der Waals surface area contributed by atoms with Crippen LogP contribution in [0, 0.1) is 5.92 Å². The van der Waals surface area contributed by atoms with Gasteiger partial charge >= 0.3 is 0 Å². The normalized spacial score (nSPS) is 18.4. The van der Waals surface area contributed by atoms with E-state index >= 15 is 0 Å². The van der Waals surface area contributed by atoms with Crippen LogP contribution in [0.15, 0.2) is 23.1 Å². The number of carbonyl (C=O) groups is 1. The van der Waals surface area contributed by atoms with E-state index < -0.39 is 9.05 Å². The molecule has 19 heavy (non-hydrogen) atoms. The Bertz CT molecular complexity index is 612. The van der Waals surface area contributed by atoms with Gasteiger partial charge < -0.3 is 9.64 Å². The summed E-state index contributed by atoms with van der Waals surface area (Å²) in [5, 5.41) is 0. The van der Waals surface area contributed by atoms with Gasteiger partial charge in [-0.25, -0.2) is 8.42 Å². The quantitative estimate of drug-likeness (QED) is 0.772. The minimum Gasteiger partial charge on any atom is -0.492 e. The van der Waals surface area contributed by atoms with E-state index in [0.717, 1.165) is 0 Å². The van der Waals surface area contributed by atoms with Crippen molar-refractivity contribution >= 4 is 25.6 Å². The first kappa shape index (κ1) is 14.1. The molecule has 1 aliphatic rings. The molecule has 0 aliphatic carbocycles. The van der Waals surface area contributed by atoms with E-state index in [1.54, 1.807) is 20.2 Å². The Labute approximate surface area is 116 Å². The third-order valence-corrected chi connectivity index (χ3v) is 4.36. The maximum atomic E-state index is 11.9. The highest BCUT2D eigenvalue weighted by Gasteiger charge is 2.28. The molecule has 1 atom stereocenters. The number of hydrogen-bond acceptors (Lipinski definition) is 4. The van der Waals surface area contributed by atoms with E-state index in [0.29, 0.717) is 24.3 Å². The van der Waals surface area contributed by atoms with Crippen molar-refractivity contribution in [1.29, 1.82) is 0 Å². The molecule has 1 aromatic rings. The summed E-state index contributed by atoms with van der Waals surface area (Å²) in [6, 6.07) is 4.43. The number of nitrogens with zero attached hydrogens (tertiary/aromatic N) is 1. The van der Waals surface area contributed by atoms with Crippen LogP contribution in [0.1, 0.15) is 5.56 Å². The third kappa shape index (κ3) is 3.01. The van der Waals surface area contributed by atoms with Crippen molar-refractivity contribution in [2.45, 2.75) is 11.3 Å². The van der Waals surface area contributed by atoms with Crippen LogP contribution >= 0.6 is 10.7 Å². The van der Waals surface area contributed by atoms with Gasteiger partial charge in [-0.15, -0.1) is 0 Å². The van der Waals surface area contributed by atoms with Gasteiger partial charge in [0.15, 0.2) is 0 Å². The van der Waals surface area contributed by atoms with E-state index in [2.05, 4.69) is 0 Å². The maximum Gasteiger partial charge on any atom is 0.261 e. The number of benzene rings is 1. The van der Waals surface area contributed by atoms with Gasteiger partial charge in [0, 0.05) is 24.8 Å². The molecule has 0 bridgehead atoms. The van der Waals surface area contributed by atoms with E-state index in [9.17, 15) is 13.2 Å². The second kappa shape index (κ2) is 5.02. The van der Waals surface area contributed by atoms with Crippen LogP contribution in [0.4, 0.5) is 0 Å². The highest BCUT2D eigenvalue weighted by atomic mass is 35.7. The average molecular weight is 304 g/mol. The Morgan fingerprint density at radius 2 is 2.11 bits per heavy atom. The fourth-order valence-corrected chi connectivity index (χ4v) is 2.85. The lowest BCUT2D eigenvalue weighted by Gasteiger charge is -2.26. The van der Waals surface area contributed by atoms with Crippen LogP contribution in [0.25, 0.3) is 0 Å². The lowest BCUT2D eigenvalue weighted by molar-refractivity contribution is -0.134. The second-order valence-corrected chi connectivity index (χ2v) is 7.22. The molecule has 5 nitrogen and oxygen atoms in total. The summed E-state index contributed by atoms with van der Waals surface area (Å²) in [7, 11) is 4.89. The summed E-state index contributed by atoms with van der Waals surface area (Å²) in [4.78, 5) is 13.4. The standard InChI is InChI=1S/C12H14ClNO4S/c1-14(2)12(15)9-5-8-6-10(19(13,16)17)3-4-11(8)18-7-9/h3-4,6,9H,5,7H2,1-2H3. The fraction of sp³-hybridized carbons (Fsp3) is 0.417. The Hall–Kier alpha value is -1.27. The fourth-order valence-electron chi connectivity index (χ4n) is 2.05. The van der Waals surface area contributed by atoms with Crippen LogP contribution in [0.2, 0.25) is 0 Å². The molecule has 0 radical (unpaired) electrons. The molecule has 7 heteroatoms. The Balaban J connectivity index is 2.31. The maximum absolute atomic E-state index is 11.9. The van der Waals surface area contributed by atoms with Crippen molar-refractivity contribution in [2.24, 2.45) is 5.92 Å². The summed E-state index contributed by atoms with van der Waals surface area (Å²) in [5.41, 5.74) is 0.688. The molecule has 0 N–H and O–H groups in total. The van der Waals surface area contributed by atoms with Crippen molar-refractivity contribution in [3.63, 3.8) is 0 Å². The van der Waals surface area contributed by atoms with Crippen molar-refractivity contribution in [1.82, 2.24) is 4.90 Å². The molecular weight excluding hydrogens is 290 g/mol. The van der Waals surface area contributed by atoms with Gasteiger partial charge in [-0.3, -0.25) is 4.79 Å². The van der Waals surface area contributed by atoms with Gasteiger partial charge in [0.2, 0.25) is 5.91 Å². The molecule has 2 rings (SSSR count). The summed E-state index contributed by atoms with van der Waals surface area (Å²) < 4.78 is 28.1. The van der Waals surface area contributed by atoms with Gasteiger partial charge in [-0.05, 0) is 30.2 Å². The minimum atomic E-state index is -3.77. The number of fused-ring (bicyclic) bond motifs is 1. The first-order chi connectivity index (χ1) is 8.79. The zero-order valence-electron chi connectivity index (χ0n) is 10.6. The van der Waals surface area contributed by atoms with E-state index in [1.807, 2.05) is 0 Å². The third-order valence-electron chi connectivity index (χ3n) is 3.01. The molecule has 1 heterocycles. The van der Waals surface area contributed by atoms with Gasteiger partial charge in [-0.2, -0.15) is 0 Å². The first-order valence-electron chi connectivity index (χ1n) is 5.70. The molecule has 1 unspecified atom stereocenters. The number of ether oxygens (including phenoxy) is 1. The highest BCUT2D eigenvalue weighted by Crippen LogP contribution is 2.31. The predicted molar refractivity (Wildman–Crippen MR) is 70.9 cm³/mol. The molecule has 0 fully saturated rings. The van der Waals surface area contributed by atoms with Crippen LogP contribution in [0.5, 0.6) is 5.75 Å². The molecule has 1 amide bonds. The smallest absolute Gasteiger partial charge is 0.261 e. The number of rotatable bonds is 2. The summed E-state index contributed by atoms with van der Waals surface area (Å²) >= 11 is 0. The van der Waals surface area contributed by atoms with Crippen molar-refractivity contribution < 1.29 is 17.9 Å². The summed E-state index contributed by atoms with van der Waals surface area (Å²) in [6.45, 7) is 0.303. The van der Waals surface area contributed by atoms with Gasteiger partial charge in [0.05, 0.1) is 10.8 Å². The SMILES string of the molecule is CN(C)C(=O)C1COc2ccc(S(=O)(=O)Cl)cc2C1.